The van der Waals surface area contributed by atoms with Crippen LogP contribution in [-0.4, -0.2) is 40.8 Å². The second-order valence-corrected chi connectivity index (χ2v) is 7.73. The van der Waals surface area contributed by atoms with E-state index in [1.807, 2.05) is 0 Å². The third kappa shape index (κ3) is 5.03. The summed E-state index contributed by atoms with van der Waals surface area (Å²) in [6.45, 7) is 5.32. The van der Waals surface area contributed by atoms with Crippen LogP contribution in [0.25, 0.3) is 0 Å². The van der Waals surface area contributed by atoms with Crippen molar-refractivity contribution >= 4 is 26.0 Å². The third-order valence-electron chi connectivity index (χ3n) is 3.34. The summed E-state index contributed by atoms with van der Waals surface area (Å²) in [5.74, 6) is 0. The van der Waals surface area contributed by atoms with Crippen LogP contribution in [0.1, 0.15) is 52.4 Å². The van der Waals surface area contributed by atoms with Gasteiger partial charge in [0.05, 0.1) is 0 Å². The highest BCUT2D eigenvalue weighted by Crippen LogP contribution is 2.23. The molecule has 0 aliphatic rings. The first kappa shape index (κ1) is 18.6. The van der Waals surface area contributed by atoms with Crippen molar-refractivity contribution in [2.24, 2.45) is 7.05 Å². The van der Waals surface area contributed by atoms with E-state index in [1.54, 1.807) is 11.4 Å². The molecule has 8 heteroatoms. The Balaban J connectivity index is 2.93. The Kier molecular flexibility index (Phi) is 7.83. The lowest BCUT2D eigenvalue weighted by molar-refractivity contribution is 0.384. The fourth-order valence-electron chi connectivity index (χ4n) is 2.15. The Hall–Kier alpha value is -0.470. The van der Waals surface area contributed by atoms with E-state index in [9.17, 15) is 8.42 Å². The molecule has 0 aliphatic carbocycles. The molecule has 1 rings (SSSR count). The van der Waals surface area contributed by atoms with E-state index in [-0.39, 0.29) is 9.63 Å². The average molecular weight is 381 g/mol. The lowest BCUT2D eigenvalue weighted by Gasteiger charge is -2.22. The van der Waals surface area contributed by atoms with Crippen LogP contribution in [0.3, 0.4) is 0 Å². The molecule has 0 saturated heterocycles. The van der Waals surface area contributed by atoms with Gasteiger partial charge in [-0.25, -0.2) is 13.1 Å². The van der Waals surface area contributed by atoms with Gasteiger partial charge < -0.3 is 0 Å². The summed E-state index contributed by atoms with van der Waals surface area (Å²) in [7, 11) is -1.96. The fraction of sp³-hybridized carbons (Fsp3) is 0.846. The van der Waals surface area contributed by atoms with Gasteiger partial charge in [-0.05, 0) is 28.8 Å². The van der Waals surface area contributed by atoms with Gasteiger partial charge in [0.1, 0.15) is 0 Å². The minimum absolute atomic E-state index is 0.135. The Bertz CT molecular complexity index is 501. The Morgan fingerprint density at radius 2 is 1.62 bits per heavy atom. The molecule has 0 aromatic carbocycles. The number of halogens is 1. The van der Waals surface area contributed by atoms with Crippen molar-refractivity contribution < 1.29 is 8.42 Å². The van der Waals surface area contributed by atoms with Crippen molar-refractivity contribution in [3.63, 3.8) is 0 Å². The molecule has 122 valence electrons. The van der Waals surface area contributed by atoms with E-state index >= 15 is 0 Å². The van der Waals surface area contributed by atoms with Crippen molar-refractivity contribution in [1.29, 1.82) is 0 Å². The van der Waals surface area contributed by atoms with Crippen LogP contribution >= 0.6 is 15.9 Å². The predicted molar refractivity (Wildman–Crippen MR) is 86.5 cm³/mol. The average Bonchev–Trinajstić information content (AvgIpc) is 2.77. The molecule has 0 amide bonds. The van der Waals surface area contributed by atoms with Gasteiger partial charge in [0.25, 0.3) is 10.0 Å². The van der Waals surface area contributed by atoms with Gasteiger partial charge in [0, 0.05) is 20.1 Å². The smallest absolute Gasteiger partial charge is 0.235 e. The number of nitrogens with zero attached hydrogens (tertiary/aromatic N) is 4. The lowest BCUT2D eigenvalue weighted by Crippen LogP contribution is -2.34. The molecule has 0 bridgehead atoms. The van der Waals surface area contributed by atoms with Crippen LogP contribution in [0, 0.1) is 0 Å². The van der Waals surface area contributed by atoms with Crippen molar-refractivity contribution in [2.45, 2.75) is 57.4 Å². The van der Waals surface area contributed by atoms with Crippen LogP contribution < -0.4 is 0 Å². The Morgan fingerprint density at radius 1 is 1.10 bits per heavy atom. The molecule has 0 unspecified atom stereocenters. The van der Waals surface area contributed by atoms with Crippen LogP contribution in [0.15, 0.2) is 9.63 Å². The zero-order valence-corrected chi connectivity index (χ0v) is 15.5. The normalized spacial score (nSPS) is 12.2. The SMILES string of the molecule is CCCCCN(CCCCC)S(=O)(=O)c1c(Br)nnn1C. The van der Waals surface area contributed by atoms with E-state index in [0.717, 1.165) is 38.5 Å². The number of aryl methyl sites for hydroxylation is 1. The minimum Gasteiger partial charge on any atom is -0.235 e. The van der Waals surface area contributed by atoms with Gasteiger partial charge in [0.15, 0.2) is 4.60 Å². The quantitative estimate of drug-likeness (QED) is 0.585. The van der Waals surface area contributed by atoms with Crippen molar-refractivity contribution in [2.75, 3.05) is 13.1 Å². The molecular weight excluding hydrogens is 356 g/mol. The number of aromatic nitrogens is 3. The molecule has 0 radical (unpaired) electrons. The van der Waals surface area contributed by atoms with Gasteiger partial charge in [-0.3, -0.25) is 0 Å². The number of hydrogen-bond donors (Lipinski definition) is 0. The largest absolute Gasteiger partial charge is 0.263 e. The fourth-order valence-corrected chi connectivity index (χ4v) is 4.70. The molecule has 1 aromatic rings. The van der Waals surface area contributed by atoms with Crippen LogP contribution in [0.4, 0.5) is 0 Å². The first-order chi connectivity index (χ1) is 9.95. The predicted octanol–water partition coefficient (Wildman–Crippen LogP) is 2.95. The summed E-state index contributed by atoms with van der Waals surface area (Å²) >= 11 is 3.18. The third-order valence-corrected chi connectivity index (χ3v) is 6.13. The summed E-state index contributed by atoms with van der Waals surface area (Å²) in [6.07, 6.45) is 5.96. The van der Waals surface area contributed by atoms with E-state index in [0.29, 0.717) is 13.1 Å². The summed E-state index contributed by atoms with van der Waals surface area (Å²) < 4.78 is 28.8. The van der Waals surface area contributed by atoms with E-state index in [2.05, 4.69) is 40.1 Å². The first-order valence-corrected chi connectivity index (χ1v) is 9.73. The number of rotatable bonds is 10. The monoisotopic (exact) mass is 380 g/mol. The zero-order chi connectivity index (χ0) is 15.9. The molecule has 1 heterocycles. The Labute approximate surface area is 136 Å². The van der Waals surface area contributed by atoms with Gasteiger partial charge in [-0.15, -0.1) is 5.10 Å². The summed E-state index contributed by atoms with van der Waals surface area (Å²) in [6, 6.07) is 0. The van der Waals surface area contributed by atoms with Gasteiger partial charge >= 0.3 is 0 Å². The molecule has 0 fully saturated rings. The molecule has 0 N–H and O–H groups in total. The lowest BCUT2D eigenvalue weighted by atomic mass is 10.2. The Morgan fingerprint density at radius 3 is 2.00 bits per heavy atom. The first-order valence-electron chi connectivity index (χ1n) is 7.50. The van der Waals surface area contributed by atoms with E-state index < -0.39 is 10.0 Å². The number of hydrogen-bond acceptors (Lipinski definition) is 4. The van der Waals surface area contributed by atoms with Crippen LogP contribution in [0.2, 0.25) is 0 Å². The molecule has 0 aliphatic heterocycles. The highest BCUT2D eigenvalue weighted by atomic mass is 79.9. The summed E-state index contributed by atoms with van der Waals surface area (Å²) in [5, 5.41) is 7.69. The van der Waals surface area contributed by atoms with E-state index in [1.165, 1.54) is 4.68 Å². The van der Waals surface area contributed by atoms with Crippen LogP contribution in [0.5, 0.6) is 0 Å². The second-order valence-electron chi connectivity index (χ2n) is 5.13. The van der Waals surface area contributed by atoms with Crippen molar-refractivity contribution in [3.05, 3.63) is 4.60 Å². The van der Waals surface area contributed by atoms with Crippen LogP contribution in [-0.2, 0) is 17.1 Å². The zero-order valence-electron chi connectivity index (χ0n) is 13.0. The maximum absolute atomic E-state index is 12.8. The van der Waals surface area contributed by atoms with Gasteiger partial charge in [0.2, 0.25) is 5.03 Å². The van der Waals surface area contributed by atoms with Crippen molar-refractivity contribution in [1.82, 2.24) is 19.3 Å². The molecule has 0 spiro atoms. The number of unbranched alkanes of at least 4 members (excludes halogenated alkanes) is 4. The maximum Gasteiger partial charge on any atom is 0.263 e. The topological polar surface area (TPSA) is 68.1 Å². The summed E-state index contributed by atoms with van der Waals surface area (Å²) in [4.78, 5) is 0. The molecule has 6 nitrogen and oxygen atoms in total. The maximum atomic E-state index is 12.8. The highest BCUT2D eigenvalue weighted by Gasteiger charge is 2.30. The highest BCUT2D eigenvalue weighted by molar-refractivity contribution is 9.10. The molecule has 0 saturated carbocycles. The molecule has 21 heavy (non-hydrogen) atoms. The standard InChI is InChI=1S/C13H25BrN4O2S/c1-4-6-8-10-18(11-9-7-5-2)21(19,20)13-12(14)15-16-17(13)3/h4-11H2,1-3H3. The molecule has 0 atom stereocenters. The van der Waals surface area contributed by atoms with Gasteiger partial charge in [-0.2, -0.15) is 4.31 Å². The van der Waals surface area contributed by atoms with E-state index in [4.69, 9.17) is 0 Å². The second kappa shape index (κ2) is 8.85. The summed E-state index contributed by atoms with van der Waals surface area (Å²) in [5.41, 5.74) is 0. The van der Waals surface area contributed by atoms with Crippen molar-refractivity contribution in [3.8, 4) is 0 Å². The van der Waals surface area contributed by atoms with Gasteiger partial charge in [-0.1, -0.05) is 44.7 Å². The minimum atomic E-state index is -3.56. The number of sulfonamides is 1. The molecular formula is C13H25BrN4O2S. The molecule has 1 aromatic heterocycles.